The van der Waals surface area contributed by atoms with Gasteiger partial charge in [-0.15, -0.1) is 35.3 Å². The molecule has 0 saturated carbocycles. The van der Waals surface area contributed by atoms with Crippen molar-refractivity contribution in [3.8, 4) is 0 Å². The third kappa shape index (κ3) is 7.15. The van der Waals surface area contributed by atoms with Gasteiger partial charge in [0.1, 0.15) is 0 Å². The highest BCUT2D eigenvalue weighted by atomic mass is 127. The lowest BCUT2D eigenvalue weighted by atomic mass is 10.3. The van der Waals surface area contributed by atoms with Crippen LogP contribution in [0.5, 0.6) is 0 Å². The van der Waals surface area contributed by atoms with Gasteiger partial charge in [-0.05, 0) is 13.3 Å². The van der Waals surface area contributed by atoms with Gasteiger partial charge in [0.25, 0.3) is 0 Å². The van der Waals surface area contributed by atoms with Crippen molar-refractivity contribution >= 4 is 41.3 Å². The summed E-state index contributed by atoms with van der Waals surface area (Å²) in [6.45, 7) is 6.07. The van der Waals surface area contributed by atoms with E-state index in [9.17, 15) is 0 Å². The molecule has 1 rings (SSSR count). The molecule has 104 valence electrons. The quantitative estimate of drug-likeness (QED) is 0.344. The Balaban J connectivity index is 0.00000289. The van der Waals surface area contributed by atoms with E-state index in [4.69, 9.17) is 0 Å². The molecule has 0 unspecified atom stereocenters. The molecule has 4 nitrogen and oxygen atoms in total. The first-order chi connectivity index (χ1) is 8.26. The number of nitrogens with one attached hydrogen (secondary N) is 2. The zero-order valence-electron chi connectivity index (χ0n) is 11.3. The van der Waals surface area contributed by atoms with Crippen LogP contribution in [0.3, 0.4) is 0 Å². The topological polar surface area (TPSA) is 49.3 Å². The second-order valence-corrected chi connectivity index (χ2v) is 4.95. The maximum atomic E-state index is 4.43. The fourth-order valence-corrected chi connectivity index (χ4v) is 2.08. The molecule has 0 aliphatic heterocycles. The van der Waals surface area contributed by atoms with E-state index < -0.39 is 0 Å². The highest BCUT2D eigenvalue weighted by molar-refractivity contribution is 14.0. The average molecular weight is 382 g/mol. The maximum Gasteiger partial charge on any atom is 0.190 e. The number of rotatable bonds is 6. The van der Waals surface area contributed by atoms with Crippen molar-refractivity contribution in [3.05, 3.63) is 16.1 Å². The molecule has 0 radical (unpaired) electrons. The Bertz CT molecular complexity index is 352. The van der Waals surface area contributed by atoms with Gasteiger partial charge in [0.2, 0.25) is 0 Å². The first-order valence-electron chi connectivity index (χ1n) is 6.11. The Labute approximate surface area is 131 Å². The van der Waals surface area contributed by atoms with Crippen molar-refractivity contribution < 1.29 is 0 Å². The molecule has 1 aromatic rings. The minimum absolute atomic E-state index is 0. The molecule has 1 heterocycles. The number of halogens is 1. The highest BCUT2D eigenvalue weighted by Gasteiger charge is 1.99. The van der Waals surface area contributed by atoms with Crippen LogP contribution in [0.1, 0.15) is 30.5 Å². The van der Waals surface area contributed by atoms with Gasteiger partial charge in [-0.25, -0.2) is 4.98 Å². The van der Waals surface area contributed by atoms with Gasteiger partial charge in [-0.2, -0.15) is 0 Å². The summed E-state index contributed by atoms with van der Waals surface area (Å²) in [5.74, 6) is 0.880. The van der Waals surface area contributed by atoms with E-state index in [0.717, 1.165) is 36.2 Å². The van der Waals surface area contributed by atoms with Gasteiger partial charge in [-0.1, -0.05) is 13.3 Å². The van der Waals surface area contributed by atoms with E-state index in [0.29, 0.717) is 0 Å². The van der Waals surface area contributed by atoms with Crippen molar-refractivity contribution in [1.29, 1.82) is 0 Å². The number of guanidine groups is 1. The van der Waals surface area contributed by atoms with Crippen LogP contribution < -0.4 is 10.6 Å². The summed E-state index contributed by atoms with van der Waals surface area (Å²) >= 11 is 1.70. The van der Waals surface area contributed by atoms with Gasteiger partial charge in [0, 0.05) is 31.9 Å². The van der Waals surface area contributed by atoms with E-state index in [1.807, 2.05) is 6.92 Å². The number of unbranched alkanes of at least 4 members (excludes halogenated alkanes) is 1. The summed E-state index contributed by atoms with van der Waals surface area (Å²) in [5.41, 5.74) is 1.16. The van der Waals surface area contributed by atoms with Crippen LogP contribution in [0.2, 0.25) is 0 Å². The third-order valence-corrected chi connectivity index (χ3v) is 3.21. The second-order valence-electron chi connectivity index (χ2n) is 3.89. The molecule has 18 heavy (non-hydrogen) atoms. The second kappa shape index (κ2) is 10.5. The van der Waals surface area contributed by atoms with E-state index in [1.54, 1.807) is 18.4 Å². The summed E-state index contributed by atoms with van der Waals surface area (Å²) in [4.78, 5) is 8.60. The molecule has 0 atom stereocenters. The molecule has 0 amide bonds. The highest BCUT2D eigenvalue weighted by Crippen LogP contribution is 2.07. The van der Waals surface area contributed by atoms with Gasteiger partial charge in [0.15, 0.2) is 5.96 Å². The van der Waals surface area contributed by atoms with Gasteiger partial charge < -0.3 is 10.6 Å². The van der Waals surface area contributed by atoms with Crippen LogP contribution in [0, 0.1) is 6.92 Å². The van der Waals surface area contributed by atoms with Crippen LogP contribution in [-0.2, 0) is 6.42 Å². The average Bonchev–Trinajstić information content (AvgIpc) is 2.73. The number of nitrogens with zero attached hydrogens (tertiary/aromatic N) is 2. The number of thiazole rings is 1. The summed E-state index contributed by atoms with van der Waals surface area (Å²) in [6, 6.07) is 0. The van der Waals surface area contributed by atoms with E-state index in [2.05, 4.69) is 32.9 Å². The van der Waals surface area contributed by atoms with E-state index >= 15 is 0 Å². The summed E-state index contributed by atoms with van der Waals surface area (Å²) in [5, 5.41) is 9.82. The predicted molar refractivity (Wildman–Crippen MR) is 90.2 cm³/mol. The molecule has 0 fully saturated rings. The standard InChI is InChI=1S/C12H22N4S.HI/c1-4-5-7-14-12(13-3)15-8-6-11-9-17-10(2)16-11;/h9H,4-8H2,1-3H3,(H2,13,14,15);1H. The summed E-state index contributed by atoms with van der Waals surface area (Å²) in [6.07, 6.45) is 3.31. The maximum absolute atomic E-state index is 4.43. The zero-order valence-corrected chi connectivity index (χ0v) is 14.5. The Morgan fingerprint density at radius 2 is 2.11 bits per heavy atom. The largest absolute Gasteiger partial charge is 0.356 e. The lowest BCUT2D eigenvalue weighted by Crippen LogP contribution is -2.38. The fraction of sp³-hybridized carbons (Fsp3) is 0.667. The third-order valence-electron chi connectivity index (χ3n) is 2.39. The van der Waals surface area contributed by atoms with Crippen molar-refractivity contribution in [3.63, 3.8) is 0 Å². The van der Waals surface area contributed by atoms with E-state index in [1.165, 1.54) is 12.8 Å². The normalized spacial score (nSPS) is 10.9. The van der Waals surface area contributed by atoms with Crippen LogP contribution in [0.4, 0.5) is 0 Å². The predicted octanol–water partition coefficient (Wildman–Crippen LogP) is 2.58. The number of aromatic nitrogens is 1. The van der Waals surface area contributed by atoms with Crippen LogP contribution in [0.25, 0.3) is 0 Å². The zero-order chi connectivity index (χ0) is 12.5. The van der Waals surface area contributed by atoms with Gasteiger partial charge in [-0.3, -0.25) is 4.99 Å². The number of aryl methyl sites for hydroxylation is 1. The molecule has 0 aromatic carbocycles. The molecule has 2 N–H and O–H groups in total. The molecule has 0 bridgehead atoms. The van der Waals surface area contributed by atoms with E-state index in [-0.39, 0.29) is 24.0 Å². The minimum atomic E-state index is 0. The molecule has 1 aromatic heterocycles. The smallest absolute Gasteiger partial charge is 0.190 e. The molecule has 0 aliphatic carbocycles. The first-order valence-corrected chi connectivity index (χ1v) is 6.99. The Morgan fingerprint density at radius 1 is 1.39 bits per heavy atom. The lowest BCUT2D eigenvalue weighted by molar-refractivity contribution is 0.725. The monoisotopic (exact) mass is 382 g/mol. The molecular formula is C12H23IN4S. The lowest BCUT2D eigenvalue weighted by Gasteiger charge is -2.10. The van der Waals surface area contributed by atoms with Crippen LogP contribution in [-0.4, -0.2) is 31.1 Å². The Kier molecular flexibility index (Phi) is 10.3. The molecule has 0 saturated heterocycles. The Hall–Kier alpha value is -0.370. The van der Waals surface area contributed by atoms with Crippen molar-refractivity contribution in [2.75, 3.05) is 20.1 Å². The van der Waals surface area contributed by atoms with Crippen molar-refractivity contribution in [2.45, 2.75) is 33.1 Å². The summed E-state index contributed by atoms with van der Waals surface area (Å²) < 4.78 is 0. The fourth-order valence-electron chi connectivity index (χ4n) is 1.44. The van der Waals surface area contributed by atoms with Crippen molar-refractivity contribution in [1.82, 2.24) is 15.6 Å². The minimum Gasteiger partial charge on any atom is -0.356 e. The molecule has 0 aliphatic rings. The number of hydrogen-bond acceptors (Lipinski definition) is 3. The SMILES string of the molecule is CCCCNC(=NC)NCCc1csc(C)n1.I. The molecule has 0 spiro atoms. The van der Waals surface area contributed by atoms with Gasteiger partial charge >= 0.3 is 0 Å². The molecule has 6 heteroatoms. The van der Waals surface area contributed by atoms with Gasteiger partial charge in [0.05, 0.1) is 10.7 Å². The number of aliphatic imine (C=N–C) groups is 1. The number of hydrogen-bond donors (Lipinski definition) is 2. The Morgan fingerprint density at radius 3 is 2.67 bits per heavy atom. The summed E-state index contributed by atoms with van der Waals surface area (Å²) in [7, 11) is 1.80. The van der Waals surface area contributed by atoms with Crippen molar-refractivity contribution in [2.24, 2.45) is 4.99 Å². The van der Waals surface area contributed by atoms with Crippen LogP contribution >= 0.6 is 35.3 Å². The first kappa shape index (κ1) is 17.6. The molecular weight excluding hydrogens is 359 g/mol. The van der Waals surface area contributed by atoms with Crippen LogP contribution in [0.15, 0.2) is 10.4 Å².